The second-order valence-corrected chi connectivity index (χ2v) is 8.45. The van der Waals surface area contributed by atoms with E-state index in [9.17, 15) is 9.59 Å². The van der Waals surface area contributed by atoms with Gasteiger partial charge >= 0.3 is 5.97 Å². The highest BCUT2D eigenvalue weighted by molar-refractivity contribution is 5.94. The number of likely N-dealkylation sites (tertiary alicyclic amines) is 1. The van der Waals surface area contributed by atoms with E-state index in [0.29, 0.717) is 17.7 Å². The Bertz CT molecular complexity index is 1060. The predicted molar refractivity (Wildman–Crippen MR) is 118 cm³/mol. The van der Waals surface area contributed by atoms with E-state index in [0.717, 1.165) is 61.3 Å². The normalized spacial score (nSPS) is 16.5. The van der Waals surface area contributed by atoms with Crippen molar-refractivity contribution in [2.45, 2.75) is 39.7 Å². The summed E-state index contributed by atoms with van der Waals surface area (Å²) in [4.78, 5) is 26.8. The zero-order valence-corrected chi connectivity index (χ0v) is 18.0. The molecule has 4 rings (SSSR count). The lowest BCUT2D eigenvalue weighted by molar-refractivity contribution is -0.121. The van der Waals surface area contributed by atoms with Gasteiger partial charge in [-0.3, -0.25) is 4.79 Å². The molecule has 0 atom stereocenters. The van der Waals surface area contributed by atoms with Crippen LogP contribution in [-0.2, 0) is 22.6 Å². The second kappa shape index (κ2) is 8.91. The highest BCUT2D eigenvalue weighted by Gasteiger charge is 2.26. The smallest absolute Gasteiger partial charge is 0.338 e. The van der Waals surface area contributed by atoms with Gasteiger partial charge in [-0.05, 0) is 87.2 Å². The molecule has 0 saturated carbocycles. The zero-order valence-electron chi connectivity index (χ0n) is 18.0. The Morgan fingerprint density at radius 1 is 1.23 bits per heavy atom. The number of carbonyl (C=O) groups is 2. The fourth-order valence-corrected chi connectivity index (χ4v) is 4.47. The Labute approximate surface area is 182 Å². The van der Waals surface area contributed by atoms with Crippen molar-refractivity contribution in [1.29, 1.82) is 5.26 Å². The quantitative estimate of drug-likeness (QED) is 0.750. The molecule has 2 heterocycles. The average molecular weight is 418 g/mol. The molecule has 1 saturated heterocycles. The summed E-state index contributed by atoms with van der Waals surface area (Å²) in [5.74, 6) is -0.149. The molecule has 6 heteroatoms. The first-order valence-corrected chi connectivity index (χ1v) is 10.8. The maximum atomic E-state index is 12.7. The number of piperidine rings is 1. The number of fused-ring (bicyclic) bond motifs is 1. The first-order chi connectivity index (χ1) is 15.0. The molecule has 1 fully saturated rings. The number of nitrogens with zero attached hydrogens (tertiary/aromatic N) is 2. The van der Waals surface area contributed by atoms with E-state index in [-0.39, 0.29) is 17.8 Å². The van der Waals surface area contributed by atoms with E-state index in [4.69, 9.17) is 10.00 Å². The molecule has 0 unspecified atom stereocenters. The summed E-state index contributed by atoms with van der Waals surface area (Å²) >= 11 is 0. The minimum atomic E-state index is -0.221. The summed E-state index contributed by atoms with van der Waals surface area (Å²) in [5, 5.41) is 12.0. The second-order valence-electron chi connectivity index (χ2n) is 8.45. The van der Waals surface area contributed by atoms with Gasteiger partial charge in [0, 0.05) is 23.7 Å². The number of esters is 1. The molecule has 1 amide bonds. The number of cyclic esters (lactones) is 1. The standard InChI is InChI=1S/C25H27N3O3/c1-16-13-18(14-26)3-6-23(16)27-24(29)20-8-11-28(12-9-20)10-7-19-4-5-21-22(17(19)2)15-31-25(21)30/h3-6,13,20H,7-12,15H2,1-2H3,(H,27,29). The van der Waals surface area contributed by atoms with Crippen molar-refractivity contribution in [3.63, 3.8) is 0 Å². The van der Waals surface area contributed by atoms with Crippen molar-refractivity contribution in [2.75, 3.05) is 25.0 Å². The third kappa shape index (κ3) is 4.47. The molecule has 0 bridgehead atoms. The Hall–Kier alpha value is -3.17. The third-order valence-corrected chi connectivity index (χ3v) is 6.55. The maximum absolute atomic E-state index is 12.7. The van der Waals surface area contributed by atoms with E-state index in [1.54, 1.807) is 18.2 Å². The molecule has 160 valence electrons. The highest BCUT2D eigenvalue weighted by Crippen LogP contribution is 2.27. The summed E-state index contributed by atoms with van der Waals surface area (Å²) < 4.78 is 5.15. The minimum Gasteiger partial charge on any atom is -0.457 e. The Morgan fingerprint density at radius 2 is 2.00 bits per heavy atom. The molecule has 2 aliphatic rings. The molecular weight excluding hydrogens is 390 g/mol. The van der Waals surface area contributed by atoms with Crippen LogP contribution in [0.4, 0.5) is 5.69 Å². The van der Waals surface area contributed by atoms with Gasteiger partial charge in [0.15, 0.2) is 0 Å². The fourth-order valence-electron chi connectivity index (χ4n) is 4.47. The molecule has 0 aliphatic carbocycles. The molecule has 0 radical (unpaired) electrons. The number of ether oxygens (including phenoxy) is 1. The van der Waals surface area contributed by atoms with Gasteiger partial charge in [0.25, 0.3) is 0 Å². The number of rotatable bonds is 5. The average Bonchev–Trinajstić information content (AvgIpc) is 3.16. The van der Waals surface area contributed by atoms with Crippen LogP contribution in [-0.4, -0.2) is 36.4 Å². The van der Waals surface area contributed by atoms with Gasteiger partial charge in [0.05, 0.1) is 17.2 Å². The Balaban J connectivity index is 1.28. The van der Waals surface area contributed by atoms with Gasteiger partial charge < -0.3 is 15.0 Å². The number of hydrogen-bond donors (Lipinski definition) is 1. The van der Waals surface area contributed by atoms with Crippen molar-refractivity contribution >= 4 is 17.6 Å². The molecule has 0 spiro atoms. The van der Waals surface area contributed by atoms with E-state index in [1.165, 1.54) is 5.56 Å². The summed E-state index contributed by atoms with van der Waals surface area (Å²) in [6.45, 7) is 7.09. The molecule has 2 aliphatic heterocycles. The first-order valence-electron chi connectivity index (χ1n) is 10.8. The van der Waals surface area contributed by atoms with Crippen LogP contribution < -0.4 is 5.32 Å². The van der Waals surface area contributed by atoms with Crippen LogP contribution in [0.2, 0.25) is 0 Å². The molecule has 2 aromatic rings. The summed E-state index contributed by atoms with van der Waals surface area (Å²) in [6.07, 6.45) is 2.61. The van der Waals surface area contributed by atoms with Crippen molar-refractivity contribution in [3.05, 3.63) is 63.7 Å². The van der Waals surface area contributed by atoms with E-state index in [1.807, 2.05) is 19.1 Å². The lowest BCUT2D eigenvalue weighted by atomic mass is 9.94. The third-order valence-electron chi connectivity index (χ3n) is 6.55. The van der Waals surface area contributed by atoms with Gasteiger partial charge in [-0.1, -0.05) is 6.07 Å². The largest absolute Gasteiger partial charge is 0.457 e. The molecular formula is C25H27N3O3. The summed E-state index contributed by atoms with van der Waals surface area (Å²) in [5.41, 5.74) is 6.43. The van der Waals surface area contributed by atoms with Crippen molar-refractivity contribution < 1.29 is 14.3 Å². The van der Waals surface area contributed by atoms with Gasteiger partial charge in [0.1, 0.15) is 6.61 Å². The van der Waals surface area contributed by atoms with Gasteiger partial charge in [0.2, 0.25) is 5.91 Å². The van der Waals surface area contributed by atoms with Crippen LogP contribution in [0.15, 0.2) is 30.3 Å². The van der Waals surface area contributed by atoms with Crippen LogP contribution in [0.5, 0.6) is 0 Å². The van der Waals surface area contributed by atoms with Crippen molar-refractivity contribution in [2.24, 2.45) is 5.92 Å². The van der Waals surface area contributed by atoms with Crippen LogP contribution in [0.3, 0.4) is 0 Å². The first kappa shape index (κ1) is 21.1. The molecule has 1 N–H and O–H groups in total. The van der Waals surface area contributed by atoms with Crippen LogP contribution >= 0.6 is 0 Å². The number of amides is 1. The van der Waals surface area contributed by atoms with E-state index in [2.05, 4.69) is 23.2 Å². The molecule has 6 nitrogen and oxygen atoms in total. The van der Waals surface area contributed by atoms with E-state index < -0.39 is 0 Å². The topological polar surface area (TPSA) is 82.4 Å². The summed E-state index contributed by atoms with van der Waals surface area (Å²) in [7, 11) is 0. The van der Waals surface area contributed by atoms with Crippen molar-refractivity contribution in [1.82, 2.24) is 4.90 Å². The van der Waals surface area contributed by atoms with E-state index >= 15 is 0 Å². The number of nitrogens with one attached hydrogen (secondary N) is 1. The van der Waals surface area contributed by atoms with Gasteiger partial charge in [-0.25, -0.2) is 4.79 Å². The number of nitriles is 1. The van der Waals surface area contributed by atoms with Gasteiger partial charge in [-0.2, -0.15) is 5.26 Å². The van der Waals surface area contributed by atoms with Crippen molar-refractivity contribution in [3.8, 4) is 6.07 Å². The number of anilines is 1. The molecule has 0 aromatic heterocycles. The minimum absolute atomic E-state index is 0.0104. The fraction of sp³-hybridized carbons (Fsp3) is 0.400. The van der Waals surface area contributed by atoms with Gasteiger partial charge in [-0.15, -0.1) is 0 Å². The Morgan fingerprint density at radius 3 is 2.71 bits per heavy atom. The molecule has 31 heavy (non-hydrogen) atoms. The van der Waals surface area contributed by atoms with Crippen LogP contribution in [0, 0.1) is 31.1 Å². The predicted octanol–water partition coefficient (Wildman–Crippen LogP) is 3.74. The summed E-state index contributed by atoms with van der Waals surface area (Å²) in [6, 6.07) is 11.4. The number of benzene rings is 2. The lowest BCUT2D eigenvalue weighted by Gasteiger charge is -2.31. The number of aryl methyl sites for hydroxylation is 1. The monoisotopic (exact) mass is 417 g/mol. The maximum Gasteiger partial charge on any atom is 0.338 e. The number of carbonyl (C=O) groups excluding carboxylic acids is 2. The van der Waals surface area contributed by atoms with Crippen LogP contribution in [0.25, 0.3) is 0 Å². The SMILES string of the molecule is Cc1cc(C#N)ccc1NC(=O)C1CCN(CCc2ccc3c(c2C)COC3=O)CC1. The number of hydrogen-bond acceptors (Lipinski definition) is 5. The highest BCUT2D eigenvalue weighted by atomic mass is 16.5. The van der Waals surface area contributed by atoms with Crippen LogP contribution in [0.1, 0.15) is 51.0 Å². The zero-order chi connectivity index (χ0) is 22.0. The Kier molecular flexibility index (Phi) is 6.06. The lowest BCUT2D eigenvalue weighted by Crippen LogP contribution is -2.39. The molecule has 2 aromatic carbocycles.